The topological polar surface area (TPSA) is 137 Å². The van der Waals surface area contributed by atoms with Gasteiger partial charge in [0, 0.05) is 32.2 Å². The summed E-state index contributed by atoms with van der Waals surface area (Å²) < 4.78 is 5.46. The van der Waals surface area contributed by atoms with Crippen LogP contribution in [0.25, 0.3) is 0 Å². The number of carboxylic acid groups (broad SMARTS) is 1. The van der Waals surface area contributed by atoms with Crippen LogP contribution in [0, 0.1) is 5.41 Å². The molecule has 3 aromatic carbocycles. The Morgan fingerprint density at radius 3 is 2.02 bits per heavy atom. The molecule has 4 amide bonds. The fraction of sp³-hybridized carbons (Fsp3) is 0.439. The van der Waals surface area contributed by atoms with Crippen molar-refractivity contribution in [3.05, 3.63) is 107 Å². The highest BCUT2D eigenvalue weighted by Crippen LogP contribution is 2.29. The molecule has 278 valence electrons. The van der Waals surface area contributed by atoms with Crippen molar-refractivity contribution >= 4 is 29.8 Å². The van der Waals surface area contributed by atoms with Gasteiger partial charge in [0.2, 0.25) is 11.8 Å². The molecule has 0 saturated heterocycles. The van der Waals surface area contributed by atoms with Crippen molar-refractivity contribution in [2.24, 2.45) is 5.41 Å². The van der Waals surface area contributed by atoms with E-state index in [1.54, 1.807) is 37.5 Å². The maximum atomic E-state index is 14.8. The third-order valence-corrected chi connectivity index (χ3v) is 9.29. The first-order valence-corrected chi connectivity index (χ1v) is 17.7. The molecule has 3 unspecified atom stereocenters. The van der Waals surface area contributed by atoms with Gasteiger partial charge in [-0.2, -0.15) is 0 Å². The molecule has 52 heavy (non-hydrogen) atoms. The number of rotatable bonds is 11. The molecule has 0 radical (unpaired) electrons. The van der Waals surface area contributed by atoms with Crippen molar-refractivity contribution in [1.82, 2.24) is 20.0 Å². The maximum Gasteiger partial charge on any atom is 0.410 e. The minimum atomic E-state index is -1.08. The third-order valence-electron chi connectivity index (χ3n) is 9.29. The molecule has 2 N–H and O–H groups in total. The smallest absolute Gasteiger partial charge is 0.410 e. The normalized spacial score (nSPS) is 15.5. The zero-order valence-electron chi connectivity index (χ0n) is 31.5. The summed E-state index contributed by atoms with van der Waals surface area (Å²) in [7, 11) is 1.49. The van der Waals surface area contributed by atoms with Gasteiger partial charge < -0.3 is 25.0 Å². The van der Waals surface area contributed by atoms with Crippen LogP contribution in [-0.4, -0.2) is 93.5 Å². The lowest BCUT2D eigenvalue weighted by Crippen LogP contribution is -2.61. The molecule has 0 aliphatic carbocycles. The van der Waals surface area contributed by atoms with Crippen molar-refractivity contribution in [3.8, 4) is 0 Å². The van der Waals surface area contributed by atoms with Crippen LogP contribution in [0.1, 0.15) is 85.9 Å². The van der Waals surface area contributed by atoms with Crippen molar-refractivity contribution in [2.75, 3.05) is 20.1 Å². The molecule has 1 aliphatic heterocycles. The maximum absolute atomic E-state index is 14.8. The second-order valence-corrected chi connectivity index (χ2v) is 15.5. The van der Waals surface area contributed by atoms with Gasteiger partial charge in [0.05, 0.1) is 11.6 Å². The molecule has 0 fully saturated rings. The van der Waals surface area contributed by atoms with Crippen LogP contribution in [0.5, 0.6) is 0 Å². The van der Waals surface area contributed by atoms with Gasteiger partial charge in [0.1, 0.15) is 17.7 Å². The number of likely N-dealkylation sites (N-methyl/N-ethyl adjacent to an activating group) is 1. The van der Waals surface area contributed by atoms with Crippen LogP contribution in [0.4, 0.5) is 4.79 Å². The van der Waals surface area contributed by atoms with E-state index in [2.05, 4.69) is 5.32 Å². The fourth-order valence-electron chi connectivity index (χ4n) is 6.13. The second-order valence-electron chi connectivity index (χ2n) is 15.5. The quantitative estimate of drug-likeness (QED) is 0.256. The summed E-state index contributed by atoms with van der Waals surface area (Å²) in [4.78, 5) is 71.5. The number of fused-ring (bicyclic) bond motifs is 1. The molecule has 11 nitrogen and oxygen atoms in total. The van der Waals surface area contributed by atoms with Crippen molar-refractivity contribution in [1.29, 1.82) is 0 Å². The van der Waals surface area contributed by atoms with Gasteiger partial charge >= 0.3 is 12.1 Å². The van der Waals surface area contributed by atoms with Gasteiger partial charge in [-0.25, -0.2) is 9.59 Å². The van der Waals surface area contributed by atoms with Gasteiger partial charge in [0.25, 0.3) is 5.91 Å². The van der Waals surface area contributed by atoms with E-state index >= 15 is 0 Å². The Bertz CT molecular complexity index is 1750. The molecule has 3 aromatic rings. The summed E-state index contributed by atoms with van der Waals surface area (Å²) in [5.74, 6) is -2.16. The summed E-state index contributed by atoms with van der Waals surface area (Å²) in [6.07, 6.45) is 0.401. The molecule has 0 saturated carbocycles. The summed E-state index contributed by atoms with van der Waals surface area (Å²) >= 11 is 0. The van der Waals surface area contributed by atoms with Gasteiger partial charge in [-0.05, 0) is 86.9 Å². The first-order chi connectivity index (χ1) is 24.4. The lowest BCUT2D eigenvalue weighted by molar-refractivity contribution is -0.143. The molecule has 3 atom stereocenters. The molecule has 1 heterocycles. The summed E-state index contributed by atoms with van der Waals surface area (Å²) in [5.41, 5.74) is 2.06. The van der Waals surface area contributed by atoms with Gasteiger partial charge in [0.15, 0.2) is 0 Å². The number of carboxylic acids is 1. The number of carbonyl (C=O) groups excluding carboxylic acids is 4. The third kappa shape index (κ3) is 10.2. The number of nitrogens with one attached hydrogen (secondary N) is 1. The van der Waals surface area contributed by atoms with Crippen molar-refractivity contribution in [3.63, 3.8) is 0 Å². The lowest BCUT2D eigenvalue weighted by atomic mass is 9.84. The summed E-state index contributed by atoms with van der Waals surface area (Å²) in [6, 6.07) is 21.2. The number of carbonyl (C=O) groups is 5. The largest absolute Gasteiger partial charge is 0.478 e. The highest BCUT2D eigenvalue weighted by Gasteiger charge is 2.42. The molecule has 4 rings (SSSR count). The Morgan fingerprint density at radius 1 is 0.865 bits per heavy atom. The average molecular weight is 713 g/mol. The van der Waals surface area contributed by atoms with Crippen molar-refractivity contribution in [2.45, 2.75) is 91.6 Å². The lowest BCUT2D eigenvalue weighted by Gasteiger charge is -2.43. The van der Waals surface area contributed by atoms with E-state index < -0.39 is 47.1 Å². The molecule has 0 aromatic heterocycles. The predicted octanol–water partition coefficient (Wildman–Crippen LogP) is 5.81. The van der Waals surface area contributed by atoms with E-state index in [0.717, 1.165) is 16.7 Å². The monoisotopic (exact) mass is 712 g/mol. The van der Waals surface area contributed by atoms with Gasteiger partial charge in [-0.15, -0.1) is 0 Å². The van der Waals surface area contributed by atoms with Gasteiger partial charge in [-0.1, -0.05) is 75.4 Å². The van der Waals surface area contributed by atoms with Crippen LogP contribution >= 0.6 is 0 Å². The Kier molecular flexibility index (Phi) is 12.5. The SMILES string of the molecule is CC(C(=O)NC(C(=O)N1Cc2ccccc2CC1CN(CCc1ccccc1)C(=O)c1ccc(C(=O)O)cc1)C(C)(C)C)N(C)C(=O)OC(C)(C)C. The number of ether oxygens (including phenoxy) is 1. The Labute approximate surface area is 306 Å². The minimum absolute atomic E-state index is 0.0786. The number of benzene rings is 3. The van der Waals surface area contributed by atoms with E-state index in [9.17, 15) is 29.1 Å². The number of hydrogen-bond acceptors (Lipinski definition) is 6. The van der Waals surface area contributed by atoms with Crippen LogP contribution in [0.15, 0.2) is 78.9 Å². The zero-order chi connectivity index (χ0) is 38.4. The van der Waals surface area contributed by atoms with Crippen molar-refractivity contribution < 1.29 is 33.8 Å². The van der Waals surface area contributed by atoms with Gasteiger partial charge in [-0.3, -0.25) is 19.3 Å². The Hall–Kier alpha value is -5.19. The first-order valence-electron chi connectivity index (χ1n) is 17.7. The van der Waals surface area contributed by atoms with Crippen LogP contribution in [0.3, 0.4) is 0 Å². The van der Waals surface area contributed by atoms with Crippen LogP contribution in [-0.2, 0) is 33.7 Å². The Morgan fingerprint density at radius 2 is 1.44 bits per heavy atom. The first kappa shape index (κ1) is 39.6. The van der Waals surface area contributed by atoms with E-state index in [4.69, 9.17) is 4.74 Å². The number of aromatic carboxylic acids is 1. The number of amides is 4. The molecular formula is C41H52N4O7. The van der Waals surface area contributed by atoms with E-state index in [-0.39, 0.29) is 30.5 Å². The predicted molar refractivity (Wildman–Crippen MR) is 199 cm³/mol. The van der Waals surface area contributed by atoms with E-state index in [1.165, 1.54) is 36.2 Å². The molecule has 0 bridgehead atoms. The van der Waals surface area contributed by atoms with Crippen LogP contribution < -0.4 is 5.32 Å². The van der Waals surface area contributed by atoms with Crippen LogP contribution in [0.2, 0.25) is 0 Å². The number of hydrogen-bond donors (Lipinski definition) is 2. The number of nitrogens with zero attached hydrogens (tertiary/aromatic N) is 3. The standard InChI is InChI=1S/C41H52N4O7/c1-27(43(8)39(51)52-41(5,6)7)35(46)42-34(40(2,3)4)37(48)45-25-32-17-13-12-16-31(32)24-33(45)26-44(23-22-28-14-10-9-11-15-28)36(47)29-18-20-30(21-19-29)38(49)50/h9-21,27,33-34H,22-26H2,1-8H3,(H,42,46)(H,49,50). The molecule has 11 heteroatoms. The molecule has 0 spiro atoms. The molecule has 1 aliphatic rings. The minimum Gasteiger partial charge on any atom is -0.478 e. The summed E-state index contributed by atoms with van der Waals surface area (Å²) in [6.45, 7) is 13.3. The van der Waals surface area contributed by atoms with E-state index in [1.807, 2.05) is 75.4 Å². The molecular weight excluding hydrogens is 660 g/mol. The second kappa shape index (κ2) is 16.4. The zero-order valence-corrected chi connectivity index (χ0v) is 31.5. The highest BCUT2D eigenvalue weighted by molar-refractivity contribution is 5.96. The fourth-order valence-corrected chi connectivity index (χ4v) is 6.13. The summed E-state index contributed by atoms with van der Waals surface area (Å²) in [5, 5.41) is 12.4. The highest BCUT2D eigenvalue weighted by atomic mass is 16.6. The van der Waals surface area contributed by atoms with E-state index in [0.29, 0.717) is 24.9 Å². The average Bonchev–Trinajstić information content (AvgIpc) is 3.09. The Balaban J connectivity index is 1.66.